The number of fused-ring (bicyclic) bond motifs is 1. The van der Waals surface area contributed by atoms with Crippen molar-refractivity contribution in [1.82, 2.24) is 5.16 Å². The Morgan fingerprint density at radius 1 is 1.10 bits per heavy atom. The molecule has 2 aliphatic rings. The molecule has 2 heterocycles. The average molecular weight is 293 g/mol. The normalized spacial score (nSPS) is 18.9. The first kappa shape index (κ1) is 11.9. The van der Waals surface area contributed by atoms with Crippen molar-refractivity contribution in [2.45, 2.75) is 12.8 Å². The highest BCUT2D eigenvalue weighted by Gasteiger charge is 2.46. The van der Waals surface area contributed by atoms with Crippen LogP contribution in [0.1, 0.15) is 12.8 Å². The summed E-state index contributed by atoms with van der Waals surface area (Å²) in [6.07, 6.45) is 2.31. The van der Waals surface area contributed by atoms with Gasteiger partial charge in [-0.25, -0.2) is 0 Å². The quantitative estimate of drug-likeness (QED) is 0.874. The summed E-state index contributed by atoms with van der Waals surface area (Å²) >= 11 is 6.28. The van der Waals surface area contributed by atoms with Crippen LogP contribution in [0.25, 0.3) is 11.3 Å². The number of nitrogens with zero attached hydrogens (tertiary/aromatic N) is 1. The molecule has 0 saturated heterocycles. The molecule has 104 valence electrons. The monoisotopic (exact) mass is 292 g/mol. The fourth-order valence-electron chi connectivity index (χ4n) is 2.33. The average Bonchev–Trinajstić information content (AvgIpc) is 3.13. The molecule has 1 saturated carbocycles. The summed E-state index contributed by atoms with van der Waals surface area (Å²) in [5.41, 5.74) is 6.46. The number of benzene rings is 1. The summed E-state index contributed by atoms with van der Waals surface area (Å²) in [6.45, 7) is 1.37. The second-order valence-electron chi connectivity index (χ2n) is 5.47. The highest BCUT2D eigenvalue weighted by Crippen LogP contribution is 2.50. The van der Waals surface area contributed by atoms with Gasteiger partial charge >= 0.3 is 0 Å². The van der Waals surface area contributed by atoms with Crippen molar-refractivity contribution >= 4 is 17.4 Å². The van der Waals surface area contributed by atoms with Crippen molar-refractivity contribution in [2.24, 2.45) is 5.41 Å². The van der Waals surface area contributed by atoms with Gasteiger partial charge in [0.1, 0.15) is 0 Å². The van der Waals surface area contributed by atoms with Crippen molar-refractivity contribution in [3.05, 3.63) is 23.2 Å². The number of hydrogen-bond donors (Lipinski definition) is 1. The highest BCUT2D eigenvalue weighted by atomic mass is 35.5. The number of rotatable bonds is 1. The molecule has 0 radical (unpaired) electrons. The second-order valence-corrected chi connectivity index (χ2v) is 5.88. The van der Waals surface area contributed by atoms with Crippen LogP contribution in [-0.2, 0) is 0 Å². The van der Waals surface area contributed by atoms with E-state index in [4.69, 9.17) is 31.3 Å². The van der Waals surface area contributed by atoms with E-state index in [-0.39, 0.29) is 5.41 Å². The van der Waals surface area contributed by atoms with Crippen LogP contribution in [0.3, 0.4) is 0 Å². The Balaban J connectivity index is 1.74. The van der Waals surface area contributed by atoms with Crippen LogP contribution < -0.4 is 15.2 Å². The van der Waals surface area contributed by atoms with E-state index >= 15 is 0 Å². The lowest BCUT2D eigenvalue weighted by atomic mass is 10.1. The van der Waals surface area contributed by atoms with Gasteiger partial charge in [0, 0.05) is 23.1 Å². The molecule has 1 spiro atoms. The van der Waals surface area contributed by atoms with Gasteiger partial charge in [-0.1, -0.05) is 16.8 Å². The van der Waals surface area contributed by atoms with Crippen molar-refractivity contribution in [2.75, 3.05) is 18.9 Å². The molecule has 20 heavy (non-hydrogen) atoms. The fourth-order valence-corrected chi connectivity index (χ4v) is 2.58. The van der Waals surface area contributed by atoms with Crippen molar-refractivity contribution in [3.63, 3.8) is 0 Å². The summed E-state index contributed by atoms with van der Waals surface area (Å²) in [7, 11) is 0. The predicted octanol–water partition coefficient (Wildman–Crippen LogP) is 3.13. The summed E-state index contributed by atoms with van der Waals surface area (Å²) < 4.78 is 16.8. The van der Waals surface area contributed by atoms with Crippen LogP contribution in [0.2, 0.25) is 5.02 Å². The lowest BCUT2D eigenvalue weighted by Gasteiger charge is -2.09. The van der Waals surface area contributed by atoms with Crippen molar-refractivity contribution in [1.29, 1.82) is 0 Å². The number of ether oxygens (including phenoxy) is 2. The maximum Gasteiger partial charge on any atom is 0.170 e. The van der Waals surface area contributed by atoms with E-state index in [0.29, 0.717) is 46.9 Å². The first-order chi connectivity index (χ1) is 9.65. The Hall–Kier alpha value is -1.88. The van der Waals surface area contributed by atoms with Gasteiger partial charge in [0.15, 0.2) is 23.1 Å². The molecule has 0 bridgehead atoms. The molecule has 1 fully saturated rings. The lowest BCUT2D eigenvalue weighted by Crippen LogP contribution is -2.17. The van der Waals surface area contributed by atoms with E-state index in [9.17, 15) is 0 Å². The molecule has 4 rings (SSSR count). The third-order valence-corrected chi connectivity index (χ3v) is 4.16. The van der Waals surface area contributed by atoms with Crippen LogP contribution >= 0.6 is 11.6 Å². The zero-order valence-corrected chi connectivity index (χ0v) is 11.4. The smallest absolute Gasteiger partial charge is 0.170 e. The predicted molar refractivity (Wildman–Crippen MR) is 74.0 cm³/mol. The minimum atomic E-state index is 0.197. The van der Waals surface area contributed by atoms with E-state index in [1.165, 1.54) is 0 Å². The Morgan fingerprint density at radius 3 is 2.40 bits per heavy atom. The topological polar surface area (TPSA) is 70.5 Å². The molecule has 1 aliphatic carbocycles. The first-order valence-corrected chi connectivity index (χ1v) is 6.85. The van der Waals surface area contributed by atoms with Crippen molar-refractivity contribution in [3.8, 4) is 22.8 Å². The van der Waals surface area contributed by atoms with Gasteiger partial charge in [0.05, 0.1) is 18.2 Å². The van der Waals surface area contributed by atoms with E-state index in [1.807, 2.05) is 6.07 Å². The largest absolute Gasteiger partial charge is 0.489 e. The van der Waals surface area contributed by atoms with Gasteiger partial charge in [0.25, 0.3) is 0 Å². The van der Waals surface area contributed by atoms with Gasteiger partial charge in [-0.3, -0.25) is 0 Å². The van der Waals surface area contributed by atoms with Gasteiger partial charge in [0.2, 0.25) is 0 Å². The number of hydrogen-bond acceptors (Lipinski definition) is 5. The van der Waals surface area contributed by atoms with E-state index in [2.05, 4.69) is 5.16 Å². The van der Waals surface area contributed by atoms with Crippen LogP contribution in [0.15, 0.2) is 22.7 Å². The first-order valence-electron chi connectivity index (χ1n) is 6.47. The Bertz CT molecular complexity index is 679. The van der Waals surface area contributed by atoms with Crippen LogP contribution in [0.5, 0.6) is 11.5 Å². The van der Waals surface area contributed by atoms with Crippen LogP contribution in [0, 0.1) is 5.41 Å². The Morgan fingerprint density at radius 2 is 1.80 bits per heavy atom. The number of anilines is 1. The molecule has 2 aromatic rings. The van der Waals surface area contributed by atoms with Gasteiger partial charge < -0.3 is 19.7 Å². The fraction of sp³-hybridized carbons (Fsp3) is 0.357. The molecule has 1 aromatic carbocycles. The third kappa shape index (κ3) is 1.89. The Kier molecular flexibility index (Phi) is 2.41. The number of halogens is 1. The summed E-state index contributed by atoms with van der Waals surface area (Å²) in [5.74, 6) is 2.20. The summed E-state index contributed by atoms with van der Waals surface area (Å²) in [5, 5.41) is 4.19. The maximum atomic E-state index is 6.28. The van der Waals surface area contributed by atoms with Gasteiger partial charge in [-0.05, 0) is 18.9 Å². The minimum Gasteiger partial charge on any atom is -0.489 e. The number of nitrogen functional groups attached to an aromatic ring is 1. The van der Waals surface area contributed by atoms with Crippen LogP contribution in [0.4, 0.5) is 5.82 Å². The SMILES string of the molecule is Nc1cc(-c2cc3c(cc2Cl)OCC2(CC2)CO3)on1. The molecule has 0 atom stereocenters. The molecule has 6 heteroatoms. The molecular formula is C14H13ClN2O3. The lowest BCUT2D eigenvalue weighted by molar-refractivity contribution is 0.197. The molecular weight excluding hydrogens is 280 g/mol. The zero-order chi connectivity index (χ0) is 13.7. The summed E-state index contributed by atoms with van der Waals surface area (Å²) in [6, 6.07) is 5.21. The second kappa shape index (κ2) is 4.06. The van der Waals surface area contributed by atoms with Gasteiger partial charge in [-0.2, -0.15) is 0 Å². The molecule has 0 unspecified atom stereocenters. The Labute approximate surface area is 120 Å². The number of aromatic nitrogens is 1. The number of nitrogens with two attached hydrogens (primary N) is 1. The molecule has 2 N–H and O–H groups in total. The maximum absolute atomic E-state index is 6.28. The van der Waals surface area contributed by atoms with E-state index in [0.717, 1.165) is 12.8 Å². The third-order valence-electron chi connectivity index (χ3n) is 3.85. The molecule has 0 amide bonds. The summed E-state index contributed by atoms with van der Waals surface area (Å²) in [4.78, 5) is 0. The van der Waals surface area contributed by atoms with Crippen LogP contribution in [-0.4, -0.2) is 18.4 Å². The minimum absolute atomic E-state index is 0.197. The zero-order valence-electron chi connectivity index (χ0n) is 10.7. The van der Waals surface area contributed by atoms with E-state index in [1.54, 1.807) is 12.1 Å². The highest BCUT2D eigenvalue weighted by molar-refractivity contribution is 6.33. The van der Waals surface area contributed by atoms with Crippen molar-refractivity contribution < 1.29 is 14.0 Å². The van der Waals surface area contributed by atoms with Gasteiger partial charge in [-0.15, -0.1) is 0 Å². The van der Waals surface area contributed by atoms with E-state index < -0.39 is 0 Å². The standard InChI is InChI=1S/C14H13ClN2O3/c15-9-4-12-11(18-6-14(1-2-14)7-19-12)3-8(9)10-5-13(16)17-20-10/h3-5H,1-2,6-7H2,(H2,16,17). The molecule has 1 aliphatic heterocycles. The molecule has 5 nitrogen and oxygen atoms in total. The molecule has 1 aromatic heterocycles.